The van der Waals surface area contributed by atoms with Crippen LogP contribution in [0.25, 0.3) is 10.8 Å². The molecule has 130 valence electrons. The van der Waals surface area contributed by atoms with Crippen LogP contribution in [-0.2, 0) is 13.0 Å². The van der Waals surface area contributed by atoms with Crippen LogP contribution in [0.4, 0.5) is 0 Å². The van der Waals surface area contributed by atoms with Crippen LogP contribution in [0.1, 0.15) is 16.7 Å². The lowest BCUT2D eigenvalue weighted by Gasteiger charge is -2.14. The second kappa shape index (κ2) is 8.04. The Kier molecular flexibility index (Phi) is 5.56. The minimum absolute atomic E-state index is 0.854. The summed E-state index contributed by atoms with van der Waals surface area (Å²) in [5, 5.41) is 6.15. The molecule has 3 heteroatoms. The molecule has 0 amide bonds. The number of rotatable bonds is 7. The molecule has 3 aromatic rings. The molecule has 0 bridgehead atoms. The lowest BCUT2D eigenvalue weighted by molar-refractivity contribution is 0.396. The van der Waals surface area contributed by atoms with Crippen LogP contribution in [0.15, 0.2) is 54.6 Å². The van der Waals surface area contributed by atoms with E-state index in [1.807, 2.05) is 13.0 Å². The first-order valence-corrected chi connectivity index (χ1v) is 8.62. The highest BCUT2D eigenvalue weighted by atomic mass is 16.5. The number of hydrogen-bond donors (Lipinski definition) is 1. The van der Waals surface area contributed by atoms with E-state index >= 15 is 0 Å². The standard InChI is InChI=1S/C22H25NO2/c1-16-13-22(25-3)18(14-21(16)24-2)11-12-23-15-19-9-6-8-17-7-4-5-10-20(17)19/h4-10,13-14,23H,11-12,15H2,1-3H3. The summed E-state index contributed by atoms with van der Waals surface area (Å²) in [7, 11) is 3.42. The summed E-state index contributed by atoms with van der Waals surface area (Å²) in [6.07, 6.45) is 0.893. The van der Waals surface area contributed by atoms with Crippen molar-refractivity contribution < 1.29 is 9.47 Å². The van der Waals surface area contributed by atoms with Gasteiger partial charge in [-0.3, -0.25) is 0 Å². The van der Waals surface area contributed by atoms with Gasteiger partial charge in [-0.1, -0.05) is 42.5 Å². The Bertz CT molecular complexity index is 853. The second-order valence-electron chi connectivity index (χ2n) is 6.20. The summed E-state index contributed by atoms with van der Waals surface area (Å²) in [6.45, 7) is 3.77. The number of hydrogen-bond acceptors (Lipinski definition) is 3. The fraction of sp³-hybridized carbons (Fsp3) is 0.273. The zero-order valence-corrected chi connectivity index (χ0v) is 15.1. The molecular formula is C22H25NO2. The quantitative estimate of drug-likeness (QED) is 0.645. The molecule has 0 fully saturated rings. The Morgan fingerprint density at radius 3 is 2.40 bits per heavy atom. The minimum Gasteiger partial charge on any atom is -0.496 e. The van der Waals surface area contributed by atoms with Gasteiger partial charge in [0.05, 0.1) is 14.2 Å². The third kappa shape index (κ3) is 3.94. The molecule has 0 radical (unpaired) electrons. The van der Waals surface area contributed by atoms with Gasteiger partial charge in [0.15, 0.2) is 0 Å². The summed E-state index contributed by atoms with van der Waals surface area (Å²) in [5.74, 6) is 1.83. The van der Waals surface area contributed by atoms with E-state index in [2.05, 4.69) is 53.8 Å². The van der Waals surface area contributed by atoms with Crippen molar-refractivity contribution >= 4 is 10.8 Å². The van der Waals surface area contributed by atoms with E-state index in [1.165, 1.54) is 16.3 Å². The third-order valence-electron chi connectivity index (χ3n) is 4.56. The van der Waals surface area contributed by atoms with E-state index in [0.29, 0.717) is 0 Å². The molecule has 0 saturated carbocycles. The molecule has 0 aliphatic heterocycles. The zero-order chi connectivity index (χ0) is 17.6. The Balaban J connectivity index is 1.65. The molecular weight excluding hydrogens is 310 g/mol. The average Bonchev–Trinajstić information content (AvgIpc) is 2.65. The van der Waals surface area contributed by atoms with Crippen LogP contribution in [0.5, 0.6) is 11.5 Å². The van der Waals surface area contributed by atoms with E-state index in [9.17, 15) is 0 Å². The largest absolute Gasteiger partial charge is 0.496 e. The van der Waals surface area contributed by atoms with Crippen LogP contribution in [0, 0.1) is 6.92 Å². The number of nitrogens with one attached hydrogen (secondary N) is 1. The first kappa shape index (κ1) is 17.3. The van der Waals surface area contributed by atoms with Crippen molar-refractivity contribution in [2.45, 2.75) is 19.9 Å². The van der Waals surface area contributed by atoms with Crippen molar-refractivity contribution in [2.75, 3.05) is 20.8 Å². The van der Waals surface area contributed by atoms with Crippen molar-refractivity contribution in [3.63, 3.8) is 0 Å². The highest BCUT2D eigenvalue weighted by Crippen LogP contribution is 2.28. The zero-order valence-electron chi connectivity index (χ0n) is 15.1. The van der Waals surface area contributed by atoms with E-state index in [-0.39, 0.29) is 0 Å². The SMILES string of the molecule is COc1cc(CCNCc2cccc3ccccc23)c(OC)cc1C. The topological polar surface area (TPSA) is 30.5 Å². The van der Waals surface area contributed by atoms with Crippen molar-refractivity contribution in [1.82, 2.24) is 5.32 Å². The maximum Gasteiger partial charge on any atom is 0.122 e. The Morgan fingerprint density at radius 2 is 1.60 bits per heavy atom. The molecule has 0 saturated heterocycles. The maximum absolute atomic E-state index is 5.52. The van der Waals surface area contributed by atoms with Crippen molar-refractivity contribution in [2.24, 2.45) is 0 Å². The van der Waals surface area contributed by atoms with E-state index in [4.69, 9.17) is 9.47 Å². The van der Waals surface area contributed by atoms with E-state index in [0.717, 1.165) is 42.1 Å². The van der Waals surface area contributed by atoms with E-state index in [1.54, 1.807) is 14.2 Å². The first-order chi connectivity index (χ1) is 12.2. The number of aryl methyl sites for hydroxylation is 1. The van der Waals surface area contributed by atoms with Gasteiger partial charge in [-0.25, -0.2) is 0 Å². The van der Waals surface area contributed by atoms with Crippen molar-refractivity contribution in [3.8, 4) is 11.5 Å². The predicted octanol–water partition coefficient (Wildman–Crippen LogP) is 4.50. The highest BCUT2D eigenvalue weighted by Gasteiger charge is 2.08. The summed E-state index contributed by atoms with van der Waals surface area (Å²) < 4.78 is 10.9. The monoisotopic (exact) mass is 335 g/mol. The fourth-order valence-electron chi connectivity index (χ4n) is 3.20. The van der Waals surface area contributed by atoms with Crippen molar-refractivity contribution in [1.29, 1.82) is 0 Å². The lowest BCUT2D eigenvalue weighted by Crippen LogP contribution is -2.17. The normalized spacial score (nSPS) is 10.8. The van der Waals surface area contributed by atoms with E-state index < -0.39 is 0 Å². The molecule has 3 rings (SSSR count). The number of ether oxygens (including phenoxy) is 2. The molecule has 25 heavy (non-hydrogen) atoms. The number of fused-ring (bicyclic) bond motifs is 1. The molecule has 0 spiro atoms. The van der Waals surface area contributed by atoms with Gasteiger partial charge in [-0.05, 0) is 59.5 Å². The van der Waals surface area contributed by atoms with Gasteiger partial charge < -0.3 is 14.8 Å². The Hall–Kier alpha value is -2.52. The van der Waals surface area contributed by atoms with Crippen molar-refractivity contribution in [3.05, 3.63) is 71.3 Å². The summed E-state index contributed by atoms with van der Waals surface area (Å²) in [4.78, 5) is 0. The van der Waals surface area contributed by atoms with Gasteiger partial charge in [0.2, 0.25) is 0 Å². The van der Waals surface area contributed by atoms with Crippen LogP contribution in [-0.4, -0.2) is 20.8 Å². The van der Waals surface area contributed by atoms with Crippen LogP contribution in [0.2, 0.25) is 0 Å². The van der Waals surface area contributed by atoms with Gasteiger partial charge in [-0.15, -0.1) is 0 Å². The number of benzene rings is 3. The average molecular weight is 335 g/mol. The Morgan fingerprint density at radius 1 is 0.840 bits per heavy atom. The van der Waals surface area contributed by atoms with Crippen LogP contribution >= 0.6 is 0 Å². The summed E-state index contributed by atoms with van der Waals surface area (Å²) >= 11 is 0. The van der Waals surface area contributed by atoms with Gasteiger partial charge in [0, 0.05) is 6.54 Å². The molecule has 0 atom stereocenters. The molecule has 0 aliphatic rings. The van der Waals surface area contributed by atoms with Gasteiger partial charge in [0.1, 0.15) is 11.5 Å². The maximum atomic E-state index is 5.52. The second-order valence-corrected chi connectivity index (χ2v) is 6.20. The van der Waals surface area contributed by atoms with Gasteiger partial charge in [-0.2, -0.15) is 0 Å². The molecule has 3 nitrogen and oxygen atoms in total. The lowest BCUT2D eigenvalue weighted by atomic mass is 10.0. The first-order valence-electron chi connectivity index (χ1n) is 8.62. The predicted molar refractivity (Wildman–Crippen MR) is 104 cm³/mol. The molecule has 0 aliphatic carbocycles. The van der Waals surface area contributed by atoms with Gasteiger partial charge in [0.25, 0.3) is 0 Å². The van der Waals surface area contributed by atoms with Crippen LogP contribution < -0.4 is 14.8 Å². The fourth-order valence-corrected chi connectivity index (χ4v) is 3.20. The minimum atomic E-state index is 0.854. The molecule has 0 aromatic heterocycles. The molecule has 1 N–H and O–H groups in total. The smallest absolute Gasteiger partial charge is 0.122 e. The highest BCUT2D eigenvalue weighted by molar-refractivity contribution is 5.85. The molecule has 0 heterocycles. The molecule has 3 aromatic carbocycles. The van der Waals surface area contributed by atoms with Crippen LogP contribution in [0.3, 0.4) is 0 Å². The Labute approximate surface area is 149 Å². The number of methoxy groups -OCH3 is 2. The third-order valence-corrected chi connectivity index (χ3v) is 4.56. The summed E-state index contributed by atoms with van der Waals surface area (Å²) in [5.41, 5.74) is 3.58. The van der Waals surface area contributed by atoms with Gasteiger partial charge >= 0.3 is 0 Å². The molecule has 0 unspecified atom stereocenters. The summed E-state index contributed by atoms with van der Waals surface area (Å²) in [6, 6.07) is 19.1.